The maximum absolute atomic E-state index is 13.6. The van der Waals surface area contributed by atoms with Crippen LogP contribution in [0.15, 0.2) is 71.9 Å². The summed E-state index contributed by atoms with van der Waals surface area (Å²) >= 11 is 0. The molecule has 2 amide bonds. The number of nitrogens with two attached hydrogens (primary N) is 1. The van der Waals surface area contributed by atoms with Crippen molar-refractivity contribution in [3.05, 3.63) is 83.8 Å². The van der Waals surface area contributed by atoms with Gasteiger partial charge < -0.3 is 25.1 Å². The molecule has 12 nitrogen and oxygen atoms in total. The Labute approximate surface area is 268 Å². The van der Waals surface area contributed by atoms with Crippen LogP contribution in [0, 0.1) is 5.92 Å². The topological polar surface area (TPSA) is 154 Å². The Hall–Kier alpha value is -5.26. The van der Waals surface area contributed by atoms with E-state index in [2.05, 4.69) is 29.1 Å². The Kier molecular flexibility index (Phi) is 11.8. The second-order valence-corrected chi connectivity index (χ2v) is 10.8. The molecule has 0 bridgehead atoms. The molecule has 1 atom stereocenters. The lowest BCUT2D eigenvalue weighted by atomic mass is 10.1. The van der Waals surface area contributed by atoms with Crippen LogP contribution in [0.1, 0.15) is 61.8 Å². The smallest absolute Gasteiger partial charge is 0.435 e. The zero-order chi connectivity index (χ0) is 33.1. The second-order valence-electron chi connectivity index (χ2n) is 10.8. The van der Waals surface area contributed by atoms with E-state index in [0.29, 0.717) is 41.5 Å². The third kappa shape index (κ3) is 8.90. The van der Waals surface area contributed by atoms with Crippen LogP contribution in [-0.2, 0) is 27.9 Å². The molecule has 12 heteroatoms. The molecule has 3 N–H and O–H groups in total. The molecule has 4 aromatic rings. The Bertz CT molecular complexity index is 1670. The van der Waals surface area contributed by atoms with E-state index in [-0.39, 0.29) is 37.3 Å². The van der Waals surface area contributed by atoms with Gasteiger partial charge in [-0.05, 0) is 73.9 Å². The van der Waals surface area contributed by atoms with E-state index in [0.717, 1.165) is 29.9 Å². The number of benzene rings is 2. The van der Waals surface area contributed by atoms with Gasteiger partial charge in [0.05, 0.1) is 37.2 Å². The maximum Gasteiger partial charge on any atom is 0.435 e. The van der Waals surface area contributed by atoms with Crippen molar-refractivity contribution in [3.63, 3.8) is 0 Å². The van der Waals surface area contributed by atoms with Gasteiger partial charge in [-0.1, -0.05) is 26.3 Å². The lowest BCUT2D eigenvalue weighted by Crippen LogP contribution is -2.34. The van der Waals surface area contributed by atoms with Gasteiger partial charge in [-0.2, -0.15) is 4.99 Å². The van der Waals surface area contributed by atoms with Gasteiger partial charge in [0.15, 0.2) is 0 Å². The molecule has 0 aliphatic rings. The Morgan fingerprint density at radius 2 is 1.80 bits per heavy atom. The van der Waals surface area contributed by atoms with Crippen LogP contribution in [0.2, 0.25) is 0 Å². The second kappa shape index (κ2) is 16.2. The van der Waals surface area contributed by atoms with Gasteiger partial charge in [-0.15, -0.1) is 0 Å². The van der Waals surface area contributed by atoms with Crippen molar-refractivity contribution < 1.29 is 23.9 Å². The first kappa shape index (κ1) is 33.6. The Morgan fingerprint density at radius 3 is 2.50 bits per heavy atom. The number of imidazole rings is 1. The number of pyridine rings is 1. The summed E-state index contributed by atoms with van der Waals surface area (Å²) in [7, 11) is 1.91. The van der Waals surface area contributed by atoms with Gasteiger partial charge in [-0.25, -0.2) is 14.8 Å². The Morgan fingerprint density at radius 1 is 1.04 bits per heavy atom. The monoisotopic (exact) mass is 627 g/mol. The molecule has 0 radical (unpaired) electrons. The van der Waals surface area contributed by atoms with E-state index >= 15 is 0 Å². The molecule has 0 saturated heterocycles. The van der Waals surface area contributed by atoms with Crippen molar-refractivity contribution in [1.82, 2.24) is 14.5 Å². The van der Waals surface area contributed by atoms with Crippen molar-refractivity contribution in [1.29, 1.82) is 0 Å². The number of ether oxygens (including phenoxy) is 2. The number of amidine groups is 1. The van der Waals surface area contributed by atoms with Crippen LogP contribution in [0.25, 0.3) is 11.0 Å². The van der Waals surface area contributed by atoms with Crippen LogP contribution in [-0.4, -0.2) is 58.1 Å². The van der Waals surface area contributed by atoms with Gasteiger partial charge >= 0.3 is 12.1 Å². The number of aryl methyl sites for hydroxylation is 1. The molecule has 0 aliphatic heterocycles. The van der Waals surface area contributed by atoms with Crippen LogP contribution in [0.3, 0.4) is 0 Å². The largest absolute Gasteiger partial charge is 0.466 e. The van der Waals surface area contributed by atoms with Crippen molar-refractivity contribution in [3.8, 4) is 0 Å². The number of esters is 1. The number of rotatable bonds is 14. The van der Waals surface area contributed by atoms with Crippen LogP contribution >= 0.6 is 0 Å². The van der Waals surface area contributed by atoms with Crippen molar-refractivity contribution in [2.45, 2.75) is 46.6 Å². The molecule has 4 rings (SSSR count). The summed E-state index contributed by atoms with van der Waals surface area (Å²) in [5, 5.41) is 3.35. The summed E-state index contributed by atoms with van der Waals surface area (Å²) in [6.45, 7) is 7.07. The van der Waals surface area contributed by atoms with Gasteiger partial charge in [0.25, 0.3) is 5.91 Å². The van der Waals surface area contributed by atoms with E-state index in [1.54, 1.807) is 55.6 Å². The first-order chi connectivity index (χ1) is 22.2. The summed E-state index contributed by atoms with van der Waals surface area (Å²) in [5.74, 6) is 1.09. The van der Waals surface area contributed by atoms with Crippen molar-refractivity contribution in [2.24, 2.45) is 23.7 Å². The third-order valence-electron chi connectivity index (χ3n) is 7.61. The number of amides is 2. The molecule has 46 heavy (non-hydrogen) atoms. The molecule has 0 fully saturated rings. The molecule has 1 unspecified atom stereocenters. The number of hydrogen-bond acceptors (Lipinski definition) is 8. The summed E-state index contributed by atoms with van der Waals surface area (Å²) in [5.41, 5.74) is 9.39. The fourth-order valence-electron chi connectivity index (χ4n) is 4.65. The number of carbonyl (C=O) groups excluding carboxylic acids is 3. The summed E-state index contributed by atoms with van der Waals surface area (Å²) in [4.78, 5) is 52.1. The molecule has 242 valence electrons. The van der Waals surface area contributed by atoms with Gasteiger partial charge in [0.1, 0.15) is 17.5 Å². The summed E-state index contributed by atoms with van der Waals surface area (Å²) in [6, 6.07) is 17.9. The van der Waals surface area contributed by atoms with E-state index in [1.807, 2.05) is 29.8 Å². The fourth-order valence-corrected chi connectivity index (χ4v) is 4.65. The average Bonchev–Trinajstić information content (AvgIpc) is 3.38. The molecular weight excluding hydrogens is 586 g/mol. The number of hydrogen-bond donors (Lipinski definition) is 2. The lowest BCUT2D eigenvalue weighted by Gasteiger charge is -2.21. The molecule has 2 aromatic carbocycles. The third-order valence-corrected chi connectivity index (χ3v) is 7.61. The summed E-state index contributed by atoms with van der Waals surface area (Å²) in [6.07, 6.45) is 2.75. The molecule has 0 saturated carbocycles. The number of anilines is 2. The zero-order valence-corrected chi connectivity index (χ0v) is 26.7. The molecule has 2 aromatic heterocycles. The quantitative estimate of drug-likeness (QED) is 0.105. The molecule has 2 heterocycles. The number of carbonyl (C=O) groups is 3. The predicted octanol–water partition coefficient (Wildman–Crippen LogP) is 5.46. The number of fused-ring (bicyclic) bond motifs is 1. The van der Waals surface area contributed by atoms with E-state index in [1.165, 1.54) is 4.90 Å². The molecule has 0 spiro atoms. The molecule has 0 aliphatic carbocycles. The average molecular weight is 628 g/mol. The van der Waals surface area contributed by atoms with Crippen LogP contribution in [0.5, 0.6) is 0 Å². The number of nitrogens with zero attached hydrogens (tertiary/aromatic N) is 5. The zero-order valence-electron chi connectivity index (χ0n) is 26.7. The SMILES string of the molecule is CCOC(=O)CCN(C(=O)c1ccc2c(c1)nc(CNc1ccc(/C(N)=N/C(=O)OCCC(C)CC)cc1)n2C)c1ccccn1. The lowest BCUT2D eigenvalue weighted by molar-refractivity contribution is -0.142. The van der Waals surface area contributed by atoms with Gasteiger partial charge in [0, 0.05) is 36.6 Å². The standard InChI is InChI=1S/C34H41N7O5/c1-5-23(3)17-20-46-34(44)39-32(35)24-10-13-26(14-11-24)37-22-30-38-27-21-25(12-15-28(27)40(30)4)33(43)41(19-16-31(42)45-6-2)29-9-7-8-18-36-29/h7-15,18,21,23,37H,5-6,16-17,19-20,22H2,1-4H3,(H2,35,39,44). The van der Waals surface area contributed by atoms with E-state index < -0.39 is 6.09 Å². The first-order valence-corrected chi connectivity index (χ1v) is 15.4. The van der Waals surface area contributed by atoms with E-state index in [9.17, 15) is 14.4 Å². The van der Waals surface area contributed by atoms with Crippen molar-refractivity contribution >= 4 is 46.3 Å². The summed E-state index contributed by atoms with van der Waals surface area (Å²) < 4.78 is 12.2. The van der Waals surface area contributed by atoms with Crippen LogP contribution in [0.4, 0.5) is 16.3 Å². The van der Waals surface area contributed by atoms with Crippen molar-refractivity contribution in [2.75, 3.05) is 30.0 Å². The minimum atomic E-state index is -0.698. The normalized spacial score (nSPS) is 12.0. The number of nitrogens with one attached hydrogen (secondary N) is 1. The molecular formula is C34H41N7O5. The predicted molar refractivity (Wildman–Crippen MR) is 178 cm³/mol. The highest BCUT2D eigenvalue weighted by molar-refractivity contribution is 6.07. The highest BCUT2D eigenvalue weighted by atomic mass is 16.5. The fraction of sp³-hybridized carbons (Fsp3) is 0.353. The van der Waals surface area contributed by atoms with E-state index in [4.69, 9.17) is 20.2 Å². The highest BCUT2D eigenvalue weighted by Gasteiger charge is 2.21. The number of aromatic nitrogens is 3. The Balaban J connectivity index is 1.42. The highest BCUT2D eigenvalue weighted by Crippen LogP contribution is 2.21. The van der Waals surface area contributed by atoms with Crippen LogP contribution < -0.4 is 16.0 Å². The number of aliphatic imine (C=N–C) groups is 1. The van der Waals surface area contributed by atoms with Gasteiger partial charge in [0.2, 0.25) is 0 Å². The minimum absolute atomic E-state index is 0.0449. The van der Waals surface area contributed by atoms with Gasteiger partial charge in [-0.3, -0.25) is 14.5 Å². The minimum Gasteiger partial charge on any atom is -0.466 e. The first-order valence-electron chi connectivity index (χ1n) is 15.4. The maximum atomic E-state index is 13.6.